The summed E-state index contributed by atoms with van der Waals surface area (Å²) in [5.41, 5.74) is 5.48. The number of benzene rings is 3. The lowest BCUT2D eigenvalue weighted by atomic mass is 9.98. The fourth-order valence-electron chi connectivity index (χ4n) is 3.70. The van der Waals surface area contributed by atoms with Gasteiger partial charge in [0.1, 0.15) is 6.61 Å². The van der Waals surface area contributed by atoms with Crippen molar-refractivity contribution in [3.8, 4) is 11.1 Å². The second-order valence-corrected chi connectivity index (χ2v) is 7.75. The van der Waals surface area contributed by atoms with Crippen molar-refractivity contribution in [3.05, 3.63) is 93.5 Å². The second-order valence-electron chi connectivity index (χ2n) is 6.83. The molecule has 0 spiro atoms. The number of alkyl carbamates (subject to hydrolysis) is 1. The average Bonchev–Trinajstić information content (AvgIpc) is 3.04. The van der Waals surface area contributed by atoms with Crippen LogP contribution in [0.4, 0.5) is 4.79 Å². The maximum atomic E-state index is 12.2. The van der Waals surface area contributed by atoms with Gasteiger partial charge in [-0.15, -0.1) is 0 Å². The molecule has 3 aromatic rings. The number of ether oxygens (including phenoxy) is 1. The van der Waals surface area contributed by atoms with E-state index in [1.807, 2.05) is 24.3 Å². The zero-order valence-electron chi connectivity index (χ0n) is 15.4. The molecule has 4 rings (SSSR count). The fraction of sp³-hybridized carbons (Fsp3) is 0.130. The lowest BCUT2D eigenvalue weighted by molar-refractivity contribution is 0.0696. The second kappa shape index (κ2) is 8.09. The number of carboxylic acid groups (broad SMARTS) is 1. The van der Waals surface area contributed by atoms with E-state index in [4.69, 9.17) is 9.84 Å². The number of aromatic carboxylic acids is 1. The molecule has 0 aliphatic heterocycles. The monoisotopic (exact) mass is 451 g/mol. The highest BCUT2D eigenvalue weighted by Crippen LogP contribution is 2.44. The topological polar surface area (TPSA) is 75.6 Å². The predicted molar refractivity (Wildman–Crippen MR) is 113 cm³/mol. The minimum Gasteiger partial charge on any atom is -0.478 e. The maximum Gasteiger partial charge on any atom is 0.407 e. The summed E-state index contributed by atoms with van der Waals surface area (Å²) in [6, 6.07) is 21.1. The molecule has 6 heteroatoms. The zero-order chi connectivity index (χ0) is 20.4. The van der Waals surface area contributed by atoms with Gasteiger partial charge in [0.15, 0.2) is 0 Å². The summed E-state index contributed by atoms with van der Waals surface area (Å²) < 4.78 is 6.13. The van der Waals surface area contributed by atoms with E-state index in [9.17, 15) is 9.59 Å². The van der Waals surface area contributed by atoms with Crippen molar-refractivity contribution in [1.29, 1.82) is 0 Å². The van der Waals surface area contributed by atoms with E-state index in [-0.39, 0.29) is 24.6 Å². The molecule has 1 aliphatic rings. The first-order valence-electron chi connectivity index (χ1n) is 9.14. The summed E-state index contributed by atoms with van der Waals surface area (Å²) in [5, 5.41) is 11.8. The first kappa shape index (κ1) is 19.2. The minimum atomic E-state index is -1.02. The number of hydrogen-bond donors (Lipinski definition) is 2. The number of carboxylic acids is 1. The summed E-state index contributed by atoms with van der Waals surface area (Å²) in [6.45, 7) is 0.412. The average molecular weight is 452 g/mol. The number of halogens is 1. The number of nitrogens with one attached hydrogen (secondary N) is 1. The first-order chi connectivity index (χ1) is 14.0. The summed E-state index contributed by atoms with van der Waals surface area (Å²) in [6.07, 6.45) is -0.538. The van der Waals surface area contributed by atoms with Gasteiger partial charge in [-0.1, -0.05) is 64.5 Å². The van der Waals surface area contributed by atoms with Gasteiger partial charge in [-0.05, 0) is 46.0 Å². The normalized spacial score (nSPS) is 12.2. The van der Waals surface area contributed by atoms with Crippen LogP contribution >= 0.6 is 15.9 Å². The molecule has 146 valence electrons. The van der Waals surface area contributed by atoms with Crippen molar-refractivity contribution in [2.75, 3.05) is 6.61 Å². The van der Waals surface area contributed by atoms with Crippen LogP contribution in [0.1, 0.15) is 33.0 Å². The van der Waals surface area contributed by atoms with Crippen LogP contribution in [0, 0.1) is 0 Å². The molecule has 0 heterocycles. The van der Waals surface area contributed by atoms with Gasteiger partial charge < -0.3 is 15.2 Å². The van der Waals surface area contributed by atoms with Gasteiger partial charge in [0.25, 0.3) is 0 Å². The van der Waals surface area contributed by atoms with Gasteiger partial charge in [-0.25, -0.2) is 9.59 Å². The number of rotatable bonds is 5. The molecular weight excluding hydrogens is 434 g/mol. The Morgan fingerprint density at radius 1 is 0.966 bits per heavy atom. The van der Waals surface area contributed by atoms with Crippen LogP contribution in [0.2, 0.25) is 0 Å². The molecule has 0 fully saturated rings. The van der Waals surface area contributed by atoms with Crippen molar-refractivity contribution in [1.82, 2.24) is 5.32 Å². The van der Waals surface area contributed by atoms with Crippen molar-refractivity contribution >= 4 is 28.0 Å². The largest absolute Gasteiger partial charge is 0.478 e. The van der Waals surface area contributed by atoms with Crippen LogP contribution in [0.15, 0.2) is 71.2 Å². The Labute approximate surface area is 176 Å². The summed E-state index contributed by atoms with van der Waals surface area (Å²) in [5.74, 6) is -1.02. The molecule has 3 aromatic carbocycles. The first-order valence-corrected chi connectivity index (χ1v) is 9.94. The highest BCUT2D eigenvalue weighted by molar-refractivity contribution is 9.10. The molecule has 0 saturated heterocycles. The third-order valence-electron chi connectivity index (χ3n) is 4.99. The maximum absolute atomic E-state index is 12.2. The van der Waals surface area contributed by atoms with Crippen LogP contribution in [0.25, 0.3) is 11.1 Å². The summed E-state index contributed by atoms with van der Waals surface area (Å²) in [7, 11) is 0. The Balaban J connectivity index is 1.41. The molecule has 2 N–H and O–H groups in total. The highest BCUT2D eigenvalue weighted by Gasteiger charge is 2.28. The van der Waals surface area contributed by atoms with Crippen LogP contribution < -0.4 is 5.32 Å². The molecule has 5 nitrogen and oxygen atoms in total. The Hall–Kier alpha value is -3.12. The van der Waals surface area contributed by atoms with E-state index in [1.165, 1.54) is 23.3 Å². The van der Waals surface area contributed by atoms with Gasteiger partial charge in [0.05, 0.1) is 5.56 Å². The van der Waals surface area contributed by atoms with E-state index in [0.717, 1.165) is 11.1 Å². The number of fused-ring (bicyclic) bond motifs is 3. The van der Waals surface area contributed by atoms with E-state index < -0.39 is 12.1 Å². The predicted octanol–water partition coefficient (Wildman–Crippen LogP) is 5.19. The molecule has 0 bridgehead atoms. The zero-order valence-corrected chi connectivity index (χ0v) is 17.0. The van der Waals surface area contributed by atoms with Crippen LogP contribution in [-0.4, -0.2) is 23.8 Å². The van der Waals surface area contributed by atoms with Gasteiger partial charge in [-0.2, -0.15) is 0 Å². The molecular formula is C23H18BrNO4. The molecule has 0 aromatic heterocycles. The molecule has 0 atom stereocenters. The third-order valence-corrected chi connectivity index (χ3v) is 5.44. The third kappa shape index (κ3) is 4.03. The number of carbonyl (C=O) groups excluding carboxylic acids is 1. The lowest BCUT2D eigenvalue weighted by Crippen LogP contribution is -2.25. The van der Waals surface area contributed by atoms with Gasteiger partial charge in [0, 0.05) is 16.9 Å². The van der Waals surface area contributed by atoms with E-state index >= 15 is 0 Å². The van der Waals surface area contributed by atoms with Crippen molar-refractivity contribution < 1.29 is 19.4 Å². The molecule has 1 aliphatic carbocycles. The van der Waals surface area contributed by atoms with Gasteiger partial charge in [0.2, 0.25) is 0 Å². The molecule has 0 saturated carbocycles. The van der Waals surface area contributed by atoms with E-state index in [2.05, 4.69) is 45.5 Å². The number of carbonyl (C=O) groups is 2. The standard InChI is InChI=1S/C23H18BrNO4/c24-16-10-14(9-15(11-16)22(26)27)12-25-23(28)29-13-21-19-7-3-1-5-17(19)18-6-2-4-8-20(18)21/h1-11,21H,12-13H2,(H,25,28)(H,26,27). The molecule has 29 heavy (non-hydrogen) atoms. The summed E-state index contributed by atoms with van der Waals surface area (Å²) >= 11 is 3.29. The number of amides is 1. The SMILES string of the molecule is O=C(NCc1cc(Br)cc(C(=O)O)c1)OCC1c2ccccc2-c2ccccc21. The van der Waals surface area contributed by atoms with Crippen LogP contribution in [-0.2, 0) is 11.3 Å². The molecule has 1 amide bonds. The van der Waals surface area contributed by atoms with Crippen LogP contribution in [0.3, 0.4) is 0 Å². The summed E-state index contributed by atoms with van der Waals surface area (Å²) in [4.78, 5) is 23.4. The Morgan fingerprint density at radius 2 is 1.59 bits per heavy atom. The highest BCUT2D eigenvalue weighted by atomic mass is 79.9. The van der Waals surface area contributed by atoms with Crippen molar-refractivity contribution in [2.45, 2.75) is 12.5 Å². The Morgan fingerprint density at radius 3 is 2.21 bits per heavy atom. The van der Waals surface area contributed by atoms with E-state index in [0.29, 0.717) is 10.0 Å². The molecule has 0 radical (unpaired) electrons. The Kier molecular flexibility index (Phi) is 5.36. The lowest BCUT2D eigenvalue weighted by Gasteiger charge is -2.14. The smallest absolute Gasteiger partial charge is 0.407 e. The number of hydrogen-bond acceptors (Lipinski definition) is 3. The fourth-order valence-corrected chi connectivity index (χ4v) is 4.24. The van der Waals surface area contributed by atoms with Gasteiger partial charge in [-0.3, -0.25) is 0 Å². The van der Waals surface area contributed by atoms with Crippen molar-refractivity contribution in [3.63, 3.8) is 0 Å². The van der Waals surface area contributed by atoms with Gasteiger partial charge >= 0.3 is 12.1 Å². The quantitative estimate of drug-likeness (QED) is 0.559. The Bertz CT molecular complexity index is 1050. The van der Waals surface area contributed by atoms with E-state index in [1.54, 1.807) is 6.07 Å². The molecule has 0 unspecified atom stereocenters. The van der Waals surface area contributed by atoms with Crippen LogP contribution in [0.5, 0.6) is 0 Å². The van der Waals surface area contributed by atoms with Crippen molar-refractivity contribution in [2.24, 2.45) is 0 Å². The minimum absolute atomic E-state index is 0.00219.